The monoisotopic (exact) mass is 399 g/mol. The third-order valence-electron chi connectivity index (χ3n) is 5.07. The van der Waals surface area contributed by atoms with Crippen molar-refractivity contribution < 1.29 is 13.2 Å². The van der Waals surface area contributed by atoms with Gasteiger partial charge in [-0.1, -0.05) is 24.6 Å². The topological polar surface area (TPSA) is 82.4 Å². The van der Waals surface area contributed by atoms with Crippen molar-refractivity contribution in [3.63, 3.8) is 0 Å². The Kier molecular flexibility index (Phi) is 6.68. The normalized spacial score (nSPS) is 16.3. The fourth-order valence-electron chi connectivity index (χ4n) is 3.52. The zero-order valence-corrected chi connectivity index (χ0v) is 16.8. The van der Waals surface area contributed by atoms with Crippen LogP contribution in [-0.4, -0.2) is 40.1 Å². The lowest BCUT2D eigenvalue weighted by Crippen LogP contribution is -2.40. The number of methoxy groups -OCH3 is 1. The van der Waals surface area contributed by atoms with E-state index in [0.717, 1.165) is 37.2 Å². The molecule has 0 saturated carbocycles. The predicted molar refractivity (Wildman–Crippen MR) is 108 cm³/mol. The summed E-state index contributed by atoms with van der Waals surface area (Å²) in [5.74, 6) is 0.773. The summed E-state index contributed by atoms with van der Waals surface area (Å²) in [6, 6.07) is 15.8. The summed E-state index contributed by atoms with van der Waals surface area (Å²) in [6.45, 7) is 2.16. The first-order chi connectivity index (χ1) is 13.5. The first-order valence-electron chi connectivity index (χ1n) is 9.41. The minimum Gasteiger partial charge on any atom is -0.497 e. The highest BCUT2D eigenvalue weighted by molar-refractivity contribution is 7.89. The summed E-state index contributed by atoms with van der Waals surface area (Å²) in [5.41, 5.74) is 1.38. The van der Waals surface area contributed by atoms with Crippen LogP contribution < -0.4 is 9.46 Å². The lowest BCUT2D eigenvalue weighted by atomic mass is 10.0. The quantitative estimate of drug-likeness (QED) is 0.774. The molecule has 0 radical (unpaired) electrons. The van der Waals surface area contributed by atoms with Crippen LogP contribution in [0.1, 0.15) is 36.4 Å². The van der Waals surface area contributed by atoms with Gasteiger partial charge in [-0.15, -0.1) is 0 Å². The molecule has 0 bridgehead atoms. The number of hydrogen-bond acceptors (Lipinski definition) is 5. The van der Waals surface area contributed by atoms with Crippen LogP contribution in [0.15, 0.2) is 53.4 Å². The van der Waals surface area contributed by atoms with E-state index in [1.807, 2.05) is 30.3 Å². The van der Waals surface area contributed by atoms with Crippen molar-refractivity contribution in [2.45, 2.75) is 30.2 Å². The van der Waals surface area contributed by atoms with Gasteiger partial charge >= 0.3 is 0 Å². The van der Waals surface area contributed by atoms with Crippen LogP contribution in [0, 0.1) is 11.3 Å². The van der Waals surface area contributed by atoms with Crippen molar-refractivity contribution in [2.24, 2.45) is 0 Å². The van der Waals surface area contributed by atoms with E-state index in [4.69, 9.17) is 10.00 Å². The maximum atomic E-state index is 12.8. The summed E-state index contributed by atoms with van der Waals surface area (Å²) < 4.78 is 33.5. The van der Waals surface area contributed by atoms with Gasteiger partial charge in [0.2, 0.25) is 10.0 Å². The molecule has 1 atom stereocenters. The molecule has 1 N–H and O–H groups in total. The molecule has 148 valence electrons. The van der Waals surface area contributed by atoms with Crippen LogP contribution in [0.5, 0.6) is 5.75 Å². The Labute approximate surface area is 166 Å². The van der Waals surface area contributed by atoms with Gasteiger partial charge in [0, 0.05) is 12.6 Å². The number of rotatable bonds is 7. The van der Waals surface area contributed by atoms with Crippen LogP contribution in [-0.2, 0) is 10.0 Å². The average Bonchev–Trinajstić information content (AvgIpc) is 2.75. The van der Waals surface area contributed by atoms with Crippen molar-refractivity contribution in [1.29, 1.82) is 5.26 Å². The summed E-state index contributed by atoms with van der Waals surface area (Å²) in [6.07, 6.45) is 3.44. The largest absolute Gasteiger partial charge is 0.497 e. The molecule has 0 amide bonds. The molecule has 1 unspecified atom stereocenters. The van der Waals surface area contributed by atoms with Crippen LogP contribution >= 0.6 is 0 Å². The second kappa shape index (κ2) is 9.20. The Bertz CT molecular complexity index is 930. The van der Waals surface area contributed by atoms with E-state index in [0.29, 0.717) is 5.56 Å². The van der Waals surface area contributed by atoms with E-state index in [1.165, 1.54) is 18.6 Å². The highest BCUT2D eigenvalue weighted by Gasteiger charge is 2.25. The van der Waals surface area contributed by atoms with Gasteiger partial charge in [-0.2, -0.15) is 5.26 Å². The summed E-state index contributed by atoms with van der Waals surface area (Å²) in [5, 5.41) is 9.03. The van der Waals surface area contributed by atoms with Crippen LogP contribution in [0.25, 0.3) is 0 Å². The fourth-order valence-corrected chi connectivity index (χ4v) is 4.60. The first-order valence-corrected chi connectivity index (χ1v) is 10.9. The molecule has 6 nitrogen and oxygen atoms in total. The maximum absolute atomic E-state index is 12.8. The maximum Gasteiger partial charge on any atom is 0.240 e. The third kappa shape index (κ3) is 4.90. The number of piperidine rings is 1. The Morgan fingerprint density at radius 3 is 2.50 bits per heavy atom. The molecule has 2 aromatic carbocycles. The van der Waals surface area contributed by atoms with Crippen molar-refractivity contribution in [3.05, 3.63) is 59.7 Å². The van der Waals surface area contributed by atoms with Gasteiger partial charge < -0.3 is 4.74 Å². The molecular weight excluding hydrogens is 374 g/mol. The summed E-state index contributed by atoms with van der Waals surface area (Å²) in [7, 11) is -2.07. The van der Waals surface area contributed by atoms with E-state index in [1.54, 1.807) is 19.2 Å². The van der Waals surface area contributed by atoms with Crippen molar-refractivity contribution in [1.82, 2.24) is 9.62 Å². The van der Waals surface area contributed by atoms with E-state index in [9.17, 15) is 8.42 Å². The Balaban J connectivity index is 1.81. The van der Waals surface area contributed by atoms with Gasteiger partial charge in [0.15, 0.2) is 0 Å². The Morgan fingerprint density at radius 2 is 1.86 bits per heavy atom. The number of sulfonamides is 1. The molecule has 1 fully saturated rings. The smallest absolute Gasteiger partial charge is 0.240 e. The minimum atomic E-state index is -3.70. The van der Waals surface area contributed by atoms with Crippen LogP contribution in [0.3, 0.4) is 0 Å². The molecule has 3 rings (SSSR count). The molecular formula is C21H25N3O3S. The van der Waals surface area contributed by atoms with Crippen LogP contribution in [0.2, 0.25) is 0 Å². The predicted octanol–water partition coefficient (Wildman–Crippen LogP) is 3.07. The average molecular weight is 400 g/mol. The van der Waals surface area contributed by atoms with E-state index < -0.39 is 10.0 Å². The van der Waals surface area contributed by atoms with Gasteiger partial charge in [0.25, 0.3) is 0 Å². The molecule has 0 aliphatic carbocycles. The lowest BCUT2D eigenvalue weighted by molar-refractivity contribution is 0.164. The molecule has 1 saturated heterocycles. The van der Waals surface area contributed by atoms with E-state index in [2.05, 4.69) is 9.62 Å². The fraction of sp³-hybridized carbons (Fsp3) is 0.381. The molecule has 0 spiro atoms. The molecule has 2 aromatic rings. The minimum absolute atomic E-state index is 0.0554. The molecule has 28 heavy (non-hydrogen) atoms. The molecule has 1 heterocycles. The highest BCUT2D eigenvalue weighted by atomic mass is 32.2. The van der Waals surface area contributed by atoms with Gasteiger partial charge in [0.1, 0.15) is 5.75 Å². The zero-order chi connectivity index (χ0) is 20.0. The zero-order valence-electron chi connectivity index (χ0n) is 16.0. The number of ether oxygens (including phenoxy) is 1. The van der Waals surface area contributed by atoms with Gasteiger partial charge in [-0.25, -0.2) is 13.1 Å². The molecule has 0 aromatic heterocycles. The SMILES string of the molecule is COc1ccc(C(CNS(=O)(=O)c2cccc(C#N)c2)N2CCCCC2)cc1. The lowest BCUT2D eigenvalue weighted by Gasteiger charge is -2.35. The van der Waals surface area contributed by atoms with Gasteiger partial charge in [0.05, 0.1) is 23.6 Å². The van der Waals surface area contributed by atoms with Crippen molar-refractivity contribution in [2.75, 3.05) is 26.7 Å². The molecule has 1 aliphatic rings. The van der Waals surface area contributed by atoms with Crippen molar-refractivity contribution in [3.8, 4) is 11.8 Å². The third-order valence-corrected chi connectivity index (χ3v) is 6.49. The number of nitrogens with zero attached hydrogens (tertiary/aromatic N) is 2. The number of hydrogen-bond donors (Lipinski definition) is 1. The highest BCUT2D eigenvalue weighted by Crippen LogP contribution is 2.26. The number of likely N-dealkylation sites (tertiary alicyclic amines) is 1. The first kappa shape index (κ1) is 20.3. The van der Waals surface area contributed by atoms with Crippen LogP contribution in [0.4, 0.5) is 0 Å². The van der Waals surface area contributed by atoms with E-state index >= 15 is 0 Å². The van der Waals surface area contributed by atoms with E-state index in [-0.39, 0.29) is 17.5 Å². The van der Waals surface area contributed by atoms with Gasteiger partial charge in [-0.05, 0) is 61.8 Å². The Morgan fingerprint density at radius 1 is 1.14 bits per heavy atom. The standard InChI is InChI=1S/C21H25N3O3S/c1-27-19-10-8-18(9-11-19)21(24-12-3-2-4-13-24)16-23-28(25,26)20-7-5-6-17(14-20)15-22/h5-11,14,21,23H,2-4,12-13,16H2,1H3. The van der Waals surface area contributed by atoms with Crippen molar-refractivity contribution >= 4 is 10.0 Å². The molecule has 1 aliphatic heterocycles. The molecule has 7 heteroatoms. The second-order valence-electron chi connectivity index (χ2n) is 6.88. The number of benzene rings is 2. The number of nitriles is 1. The van der Waals surface area contributed by atoms with Gasteiger partial charge in [-0.3, -0.25) is 4.90 Å². The second-order valence-corrected chi connectivity index (χ2v) is 8.64. The summed E-state index contributed by atoms with van der Waals surface area (Å²) in [4.78, 5) is 2.44. The number of nitrogens with one attached hydrogen (secondary N) is 1. The Hall–Kier alpha value is -2.40. The summed E-state index contributed by atoms with van der Waals surface area (Å²) >= 11 is 0.